The molecule has 0 saturated heterocycles. The molecule has 0 aliphatic heterocycles. The fourth-order valence-corrected chi connectivity index (χ4v) is 8.50. The number of para-hydroxylation sites is 3. The van der Waals surface area contributed by atoms with Gasteiger partial charge in [0.2, 0.25) is 11.7 Å². The van der Waals surface area contributed by atoms with Crippen LogP contribution < -0.4 is 0 Å². The van der Waals surface area contributed by atoms with Crippen LogP contribution in [0.2, 0.25) is 0 Å². The van der Waals surface area contributed by atoms with Crippen molar-refractivity contribution in [1.29, 1.82) is 0 Å². The van der Waals surface area contributed by atoms with Gasteiger partial charge in [-0.3, -0.25) is 4.57 Å². The van der Waals surface area contributed by atoms with E-state index in [1.807, 2.05) is 24.3 Å². The van der Waals surface area contributed by atoms with Gasteiger partial charge >= 0.3 is 0 Å². The van der Waals surface area contributed by atoms with E-state index in [9.17, 15) is 0 Å². The van der Waals surface area contributed by atoms with Crippen LogP contribution >= 0.6 is 0 Å². The van der Waals surface area contributed by atoms with Gasteiger partial charge in [0, 0.05) is 48.7 Å². The molecule has 0 N–H and O–H groups in total. The van der Waals surface area contributed by atoms with Crippen LogP contribution in [0.15, 0.2) is 150 Å². The van der Waals surface area contributed by atoms with Crippen molar-refractivity contribution < 1.29 is 4.42 Å². The molecule has 0 spiro atoms. The Morgan fingerprint density at radius 3 is 2.04 bits per heavy atom. The summed E-state index contributed by atoms with van der Waals surface area (Å²) in [5.74, 6) is 0.587. The first-order valence-corrected chi connectivity index (χ1v) is 16.6. The van der Waals surface area contributed by atoms with E-state index >= 15 is 0 Å². The molecule has 5 aromatic heterocycles. The van der Waals surface area contributed by atoms with Gasteiger partial charge in [0.05, 0.1) is 38.7 Å². The van der Waals surface area contributed by atoms with E-state index in [-0.39, 0.29) is 0 Å². The zero-order valence-electron chi connectivity index (χ0n) is 26.1. The predicted molar refractivity (Wildman–Crippen MR) is 201 cm³/mol. The quantitative estimate of drug-likeness (QED) is 0.192. The summed E-state index contributed by atoms with van der Waals surface area (Å²) in [6, 6.07) is 51.6. The lowest BCUT2D eigenvalue weighted by atomic mass is 10.0. The lowest BCUT2D eigenvalue weighted by molar-refractivity contribution is 0.651. The molecule has 0 aliphatic rings. The van der Waals surface area contributed by atoms with Crippen LogP contribution in [-0.2, 0) is 0 Å². The highest BCUT2D eigenvalue weighted by Gasteiger charge is 2.26. The molecule has 0 unspecified atom stereocenters. The molecule has 12 rings (SSSR count). The minimum Gasteiger partial charge on any atom is -0.437 e. The molecule has 5 nitrogen and oxygen atoms in total. The summed E-state index contributed by atoms with van der Waals surface area (Å²) in [6.07, 6.45) is 0. The van der Waals surface area contributed by atoms with Gasteiger partial charge < -0.3 is 8.82 Å². The van der Waals surface area contributed by atoms with E-state index in [1.165, 1.54) is 59.6 Å². The summed E-state index contributed by atoms with van der Waals surface area (Å²) in [5.41, 5.74) is 9.09. The van der Waals surface area contributed by atoms with Crippen LogP contribution in [0.3, 0.4) is 0 Å². The van der Waals surface area contributed by atoms with Gasteiger partial charge in [0.1, 0.15) is 5.58 Å². The van der Waals surface area contributed by atoms with Crippen LogP contribution in [0.5, 0.6) is 0 Å². The van der Waals surface area contributed by atoms with Gasteiger partial charge in [-0.05, 0) is 29.7 Å². The van der Waals surface area contributed by atoms with Crippen LogP contribution in [-0.4, -0.2) is 18.9 Å². The first-order chi connectivity index (χ1) is 24.3. The van der Waals surface area contributed by atoms with E-state index in [0.29, 0.717) is 11.7 Å². The maximum absolute atomic E-state index is 6.47. The third-order valence-corrected chi connectivity index (χ3v) is 10.5. The summed E-state index contributed by atoms with van der Waals surface area (Å²) in [4.78, 5) is 10.6. The third-order valence-electron chi connectivity index (χ3n) is 10.5. The molecule has 5 heteroatoms. The van der Waals surface area contributed by atoms with Gasteiger partial charge in [0.25, 0.3) is 0 Å². The molecule has 5 heterocycles. The van der Waals surface area contributed by atoms with Crippen LogP contribution in [0.1, 0.15) is 0 Å². The Hall–Kier alpha value is -6.72. The molecule has 0 radical (unpaired) electrons. The van der Waals surface area contributed by atoms with Gasteiger partial charge in [-0.2, -0.15) is 4.98 Å². The van der Waals surface area contributed by atoms with Gasteiger partial charge in [-0.1, -0.05) is 121 Å². The minimum atomic E-state index is 0.579. The Morgan fingerprint density at radius 1 is 0.449 bits per heavy atom. The Kier molecular flexibility index (Phi) is 4.66. The smallest absolute Gasteiger partial charge is 0.238 e. The predicted octanol–water partition coefficient (Wildman–Crippen LogP) is 11.4. The maximum atomic E-state index is 6.47. The van der Waals surface area contributed by atoms with Crippen molar-refractivity contribution in [3.05, 3.63) is 146 Å². The SMILES string of the molecule is c1ccc(-c2nc(-n3c4ccccc4c4c5c6ccc7ccccc7c6n6c7ccccc7c(cc43)c56)nc3oc4ccccc4c23)cc1. The highest BCUT2D eigenvalue weighted by atomic mass is 16.3. The first kappa shape index (κ1) is 25.4. The minimum absolute atomic E-state index is 0.579. The number of hydrogen-bond acceptors (Lipinski definition) is 3. The zero-order valence-corrected chi connectivity index (χ0v) is 26.1. The van der Waals surface area contributed by atoms with Crippen molar-refractivity contribution in [2.24, 2.45) is 0 Å². The molecule has 0 amide bonds. The van der Waals surface area contributed by atoms with E-state index in [1.54, 1.807) is 0 Å². The molecule has 7 aromatic carbocycles. The van der Waals surface area contributed by atoms with Crippen molar-refractivity contribution in [1.82, 2.24) is 18.9 Å². The van der Waals surface area contributed by atoms with Crippen LogP contribution in [0, 0.1) is 0 Å². The third kappa shape index (κ3) is 3.15. The molecule has 0 aliphatic carbocycles. The van der Waals surface area contributed by atoms with Crippen molar-refractivity contribution in [2.75, 3.05) is 0 Å². The maximum Gasteiger partial charge on any atom is 0.238 e. The summed E-state index contributed by atoms with van der Waals surface area (Å²) >= 11 is 0. The lowest BCUT2D eigenvalue weighted by Gasteiger charge is -2.10. The van der Waals surface area contributed by atoms with Crippen LogP contribution in [0.4, 0.5) is 0 Å². The van der Waals surface area contributed by atoms with Crippen molar-refractivity contribution in [3.63, 3.8) is 0 Å². The van der Waals surface area contributed by atoms with Crippen LogP contribution in [0.25, 0.3) is 110 Å². The molecule has 0 fully saturated rings. The number of rotatable bonds is 2. The van der Waals surface area contributed by atoms with Gasteiger partial charge in [-0.15, -0.1) is 0 Å². The molecular formula is C44H24N4O. The number of hydrogen-bond donors (Lipinski definition) is 0. The Morgan fingerprint density at radius 2 is 1.16 bits per heavy atom. The van der Waals surface area contributed by atoms with E-state index < -0.39 is 0 Å². The largest absolute Gasteiger partial charge is 0.437 e. The van der Waals surface area contributed by atoms with Gasteiger partial charge in [0.15, 0.2) is 0 Å². The summed E-state index contributed by atoms with van der Waals surface area (Å²) in [6.45, 7) is 0. The summed E-state index contributed by atoms with van der Waals surface area (Å²) in [7, 11) is 0. The normalized spacial score (nSPS) is 12.5. The summed E-state index contributed by atoms with van der Waals surface area (Å²) in [5, 5.41) is 11.8. The molecule has 49 heavy (non-hydrogen) atoms. The molecule has 0 atom stereocenters. The molecule has 12 aromatic rings. The van der Waals surface area contributed by atoms with Crippen molar-refractivity contribution in [2.45, 2.75) is 0 Å². The standard InChI is InChI=1S/C44H24N4O/c1-2-13-26(14-3-1)40-39-30-18-8-11-21-36(30)49-43(39)46-44(45-40)47-34-20-10-7-17-29(34)37-35(47)24-32-28-16-6-9-19-33(28)48-41-27-15-5-4-12-25(27)22-23-31(41)38(37)42(32)48/h1-24H. The number of benzene rings is 7. The average molecular weight is 625 g/mol. The summed E-state index contributed by atoms with van der Waals surface area (Å²) < 4.78 is 11.2. The average Bonchev–Trinajstić information content (AvgIpc) is 3.89. The molecule has 226 valence electrons. The Labute approximate surface area is 278 Å². The fourth-order valence-electron chi connectivity index (χ4n) is 8.50. The molecular weight excluding hydrogens is 601 g/mol. The first-order valence-electron chi connectivity index (χ1n) is 16.6. The van der Waals surface area contributed by atoms with E-state index in [4.69, 9.17) is 14.4 Å². The second-order valence-electron chi connectivity index (χ2n) is 12.9. The molecule has 0 bridgehead atoms. The van der Waals surface area contributed by atoms with E-state index in [2.05, 4.69) is 130 Å². The second kappa shape index (κ2) is 9.00. The Balaban J connectivity index is 1.32. The van der Waals surface area contributed by atoms with Crippen molar-refractivity contribution >= 4 is 92.7 Å². The monoisotopic (exact) mass is 624 g/mol. The fraction of sp³-hybridized carbons (Fsp3) is 0. The van der Waals surface area contributed by atoms with Crippen molar-refractivity contribution in [3.8, 4) is 17.2 Å². The highest BCUT2D eigenvalue weighted by molar-refractivity contribution is 6.37. The number of fused-ring (bicyclic) bond motifs is 15. The van der Waals surface area contributed by atoms with Gasteiger partial charge in [-0.25, -0.2) is 4.98 Å². The number of aromatic nitrogens is 4. The van der Waals surface area contributed by atoms with E-state index in [0.717, 1.165) is 38.6 Å². The lowest BCUT2D eigenvalue weighted by Crippen LogP contribution is -2.02. The Bertz CT molecular complexity index is 3330. The topological polar surface area (TPSA) is 48.3 Å². The zero-order chi connectivity index (χ0) is 31.8. The molecule has 0 saturated carbocycles. The number of nitrogens with zero attached hydrogens (tertiary/aromatic N) is 4. The highest BCUT2D eigenvalue weighted by Crippen LogP contribution is 2.48. The second-order valence-corrected chi connectivity index (χ2v) is 12.9. The number of furan rings is 1.